The average Bonchev–Trinajstić information content (AvgIpc) is 3.03. The van der Waals surface area contributed by atoms with Gasteiger partial charge in [0.1, 0.15) is 5.25 Å². The molecule has 166 valence electrons. The molecule has 1 aliphatic heterocycles. The summed E-state index contributed by atoms with van der Waals surface area (Å²) in [4.78, 5) is 4.30. The van der Waals surface area contributed by atoms with E-state index in [2.05, 4.69) is 4.98 Å². The first-order valence-electron chi connectivity index (χ1n) is 9.70. The molecule has 0 saturated carbocycles. The molecule has 0 amide bonds. The Balaban J connectivity index is 1.89. The molecule has 4 N–H and O–H groups in total. The first-order chi connectivity index (χ1) is 14.8. The summed E-state index contributed by atoms with van der Waals surface area (Å²) in [5, 5.41) is 38.0. The number of allylic oxidation sites excluding steroid dienone is 1. The molecule has 1 aromatic heterocycles. The molecule has 0 aliphatic carbocycles. The number of phenols is 1. The Labute approximate surface area is 179 Å². The number of aliphatic hydroxyl groups is 3. The average molecular weight is 450 g/mol. The molecular formula is C22H24FNO6S. The molecule has 2 heterocycles. The van der Waals surface area contributed by atoms with Gasteiger partial charge in [-0.15, -0.1) is 0 Å². The lowest BCUT2D eigenvalue weighted by Gasteiger charge is -2.19. The third kappa shape index (κ3) is 5.19. The minimum absolute atomic E-state index is 0.105. The van der Waals surface area contributed by atoms with E-state index in [4.69, 9.17) is 0 Å². The van der Waals surface area contributed by atoms with Crippen LogP contribution in [-0.2, 0) is 9.84 Å². The van der Waals surface area contributed by atoms with Gasteiger partial charge in [0.05, 0.1) is 30.8 Å². The number of nitrogens with zero attached hydrogens (tertiary/aromatic N) is 1. The molecule has 0 radical (unpaired) electrons. The highest BCUT2D eigenvalue weighted by Crippen LogP contribution is 2.33. The minimum Gasteiger partial charge on any atom is -0.505 e. The maximum atomic E-state index is 13.7. The van der Waals surface area contributed by atoms with Crippen LogP contribution in [0.25, 0.3) is 11.6 Å². The third-order valence-electron chi connectivity index (χ3n) is 5.27. The van der Waals surface area contributed by atoms with Gasteiger partial charge in [-0.05, 0) is 65.5 Å². The number of phenolic OH excluding ortho intramolecular Hbond substituents is 1. The van der Waals surface area contributed by atoms with Crippen molar-refractivity contribution >= 4 is 21.5 Å². The summed E-state index contributed by atoms with van der Waals surface area (Å²) in [6.45, 7) is -1.19. The Morgan fingerprint density at radius 3 is 2.65 bits per heavy atom. The number of benzene rings is 1. The number of sulfone groups is 1. The van der Waals surface area contributed by atoms with Crippen molar-refractivity contribution in [1.29, 1.82) is 0 Å². The summed E-state index contributed by atoms with van der Waals surface area (Å²) in [6, 6.07) is 9.22. The molecule has 0 fully saturated rings. The smallest absolute Gasteiger partial charge is 0.165 e. The summed E-state index contributed by atoms with van der Waals surface area (Å²) >= 11 is 0. The van der Waals surface area contributed by atoms with Crippen LogP contribution in [0.5, 0.6) is 5.75 Å². The highest BCUT2D eigenvalue weighted by Gasteiger charge is 2.40. The zero-order valence-corrected chi connectivity index (χ0v) is 17.5. The molecule has 2 atom stereocenters. The second kappa shape index (κ2) is 9.69. The van der Waals surface area contributed by atoms with Crippen molar-refractivity contribution in [3.05, 3.63) is 70.8 Å². The topological polar surface area (TPSA) is 128 Å². The lowest BCUT2D eigenvalue weighted by atomic mass is 9.94. The van der Waals surface area contributed by atoms with E-state index in [1.165, 1.54) is 18.2 Å². The van der Waals surface area contributed by atoms with Gasteiger partial charge in [-0.3, -0.25) is 4.98 Å². The van der Waals surface area contributed by atoms with Gasteiger partial charge in [-0.25, -0.2) is 12.8 Å². The van der Waals surface area contributed by atoms with E-state index in [9.17, 15) is 33.2 Å². The maximum Gasteiger partial charge on any atom is 0.165 e. The predicted molar refractivity (Wildman–Crippen MR) is 114 cm³/mol. The second-order valence-corrected chi connectivity index (χ2v) is 9.53. The SMILES string of the molecule is O=S1(=O)CC(CO)=C([C@H](O)CC/C(=C/c2ccc(O)c(F)c2)c2ccccn2)[C@@H]1CO. The Kier molecular flexibility index (Phi) is 7.22. The second-order valence-electron chi connectivity index (χ2n) is 7.35. The third-order valence-corrected chi connectivity index (χ3v) is 7.29. The van der Waals surface area contributed by atoms with Crippen LogP contribution in [0.2, 0.25) is 0 Å². The standard InChI is InChI=1S/C22H24FNO6S/c23-17-10-14(4-6-19(17)27)9-15(18-3-1-2-8-24-18)5-7-20(28)22-16(11-25)13-31(29,30)21(22)12-26/h1-4,6,8-10,20-21,25-28H,5,7,11-13H2/b15-9-/t20-,21+/m1/s1. The Hall–Kier alpha value is -2.59. The summed E-state index contributed by atoms with van der Waals surface area (Å²) < 4.78 is 38.2. The summed E-state index contributed by atoms with van der Waals surface area (Å²) in [5.41, 5.74) is 2.09. The highest BCUT2D eigenvalue weighted by molar-refractivity contribution is 7.92. The van der Waals surface area contributed by atoms with Crippen LogP contribution in [-0.4, -0.2) is 64.1 Å². The van der Waals surface area contributed by atoms with Gasteiger partial charge in [0.2, 0.25) is 0 Å². The number of aromatic hydroxyl groups is 1. The zero-order valence-electron chi connectivity index (χ0n) is 16.6. The van der Waals surface area contributed by atoms with Gasteiger partial charge in [0.25, 0.3) is 0 Å². The Morgan fingerprint density at radius 2 is 2.03 bits per heavy atom. The number of rotatable bonds is 8. The van der Waals surface area contributed by atoms with E-state index in [-0.39, 0.29) is 24.0 Å². The largest absolute Gasteiger partial charge is 0.505 e. The predicted octanol–water partition coefficient (Wildman–Crippen LogP) is 1.69. The fourth-order valence-corrected chi connectivity index (χ4v) is 5.62. The fraction of sp³-hybridized carbons (Fsp3) is 0.318. The molecule has 31 heavy (non-hydrogen) atoms. The van der Waals surface area contributed by atoms with Gasteiger partial charge in [0.15, 0.2) is 21.4 Å². The molecule has 1 aromatic carbocycles. The maximum absolute atomic E-state index is 13.7. The fourth-order valence-electron chi connectivity index (χ4n) is 3.74. The molecule has 0 spiro atoms. The molecule has 1 aliphatic rings. The van der Waals surface area contributed by atoms with Crippen LogP contribution < -0.4 is 0 Å². The quantitative estimate of drug-likeness (QED) is 0.452. The van der Waals surface area contributed by atoms with Crippen molar-refractivity contribution in [2.24, 2.45) is 0 Å². The molecular weight excluding hydrogens is 425 g/mol. The van der Waals surface area contributed by atoms with Crippen molar-refractivity contribution in [3.8, 4) is 5.75 Å². The number of hydrogen-bond acceptors (Lipinski definition) is 7. The number of aromatic nitrogens is 1. The van der Waals surface area contributed by atoms with Gasteiger partial charge in [-0.2, -0.15) is 0 Å². The normalized spacial score (nSPS) is 19.6. The van der Waals surface area contributed by atoms with E-state index in [0.29, 0.717) is 16.8 Å². The molecule has 3 rings (SSSR count). The van der Waals surface area contributed by atoms with Crippen LogP contribution in [0.15, 0.2) is 53.7 Å². The van der Waals surface area contributed by atoms with Crippen molar-refractivity contribution in [1.82, 2.24) is 4.98 Å². The van der Waals surface area contributed by atoms with Crippen LogP contribution in [0.1, 0.15) is 24.1 Å². The lowest BCUT2D eigenvalue weighted by Crippen LogP contribution is -2.29. The van der Waals surface area contributed by atoms with Crippen molar-refractivity contribution in [2.75, 3.05) is 19.0 Å². The van der Waals surface area contributed by atoms with E-state index >= 15 is 0 Å². The van der Waals surface area contributed by atoms with E-state index in [0.717, 1.165) is 0 Å². The van der Waals surface area contributed by atoms with Gasteiger partial charge >= 0.3 is 0 Å². The van der Waals surface area contributed by atoms with Crippen LogP contribution in [0, 0.1) is 5.82 Å². The molecule has 0 unspecified atom stereocenters. The number of pyridine rings is 1. The van der Waals surface area contributed by atoms with Crippen molar-refractivity contribution < 1.29 is 33.2 Å². The number of hydrogen-bond donors (Lipinski definition) is 4. The molecule has 0 bridgehead atoms. The molecule has 7 nitrogen and oxygen atoms in total. The van der Waals surface area contributed by atoms with E-state index < -0.39 is 51.7 Å². The zero-order chi connectivity index (χ0) is 22.6. The molecule has 0 saturated heterocycles. The van der Waals surface area contributed by atoms with Crippen molar-refractivity contribution in [2.45, 2.75) is 24.2 Å². The van der Waals surface area contributed by atoms with Crippen LogP contribution in [0.3, 0.4) is 0 Å². The Bertz CT molecular complexity index is 1100. The summed E-state index contributed by atoms with van der Waals surface area (Å²) in [6.07, 6.45) is 2.44. The van der Waals surface area contributed by atoms with Crippen molar-refractivity contribution in [3.63, 3.8) is 0 Å². The molecule has 2 aromatic rings. The highest BCUT2D eigenvalue weighted by atomic mass is 32.2. The van der Waals surface area contributed by atoms with E-state index in [1.807, 2.05) is 0 Å². The lowest BCUT2D eigenvalue weighted by molar-refractivity contribution is 0.188. The van der Waals surface area contributed by atoms with Gasteiger partial charge in [-0.1, -0.05) is 12.1 Å². The van der Waals surface area contributed by atoms with Gasteiger partial charge < -0.3 is 20.4 Å². The summed E-state index contributed by atoms with van der Waals surface area (Å²) in [5.74, 6) is -1.63. The number of halogens is 1. The first kappa shape index (κ1) is 23.1. The van der Waals surface area contributed by atoms with Crippen LogP contribution >= 0.6 is 0 Å². The first-order valence-corrected chi connectivity index (χ1v) is 11.4. The van der Waals surface area contributed by atoms with Gasteiger partial charge in [0, 0.05) is 6.20 Å². The van der Waals surface area contributed by atoms with E-state index in [1.54, 1.807) is 30.5 Å². The summed E-state index contributed by atoms with van der Waals surface area (Å²) in [7, 11) is -3.68. The minimum atomic E-state index is -3.68. The van der Waals surface area contributed by atoms with Crippen LogP contribution in [0.4, 0.5) is 4.39 Å². The molecule has 9 heteroatoms. The Morgan fingerprint density at radius 1 is 1.26 bits per heavy atom. The number of aliphatic hydroxyl groups excluding tert-OH is 3. The monoisotopic (exact) mass is 449 g/mol.